The Kier molecular flexibility index (Phi) is 6.30. The van der Waals surface area contributed by atoms with Crippen molar-refractivity contribution in [2.45, 2.75) is 36.2 Å². The lowest BCUT2D eigenvalue weighted by atomic mass is 9.95. The van der Waals surface area contributed by atoms with Crippen molar-refractivity contribution in [3.8, 4) is 11.5 Å². The zero-order chi connectivity index (χ0) is 24.6. The molecule has 3 aliphatic rings. The van der Waals surface area contributed by atoms with Crippen LogP contribution in [0, 0.1) is 5.82 Å². The molecular weight excluding hydrogens is 481 g/mol. The van der Waals surface area contributed by atoms with E-state index in [1.807, 2.05) is 6.07 Å². The minimum atomic E-state index is -0.394. The molecule has 5 heterocycles. The molecule has 1 unspecified atom stereocenters. The van der Waals surface area contributed by atoms with E-state index in [-0.39, 0.29) is 23.7 Å². The highest BCUT2D eigenvalue weighted by molar-refractivity contribution is 7.99. The maximum absolute atomic E-state index is 15.1. The number of thioether (sulfide) groups is 1. The van der Waals surface area contributed by atoms with Gasteiger partial charge in [0, 0.05) is 53.3 Å². The number of hydrogen-bond donors (Lipinski definition) is 2. The first-order valence-electron chi connectivity index (χ1n) is 12.3. The molecule has 8 nitrogen and oxygen atoms in total. The van der Waals surface area contributed by atoms with Gasteiger partial charge in [0.25, 0.3) is 5.91 Å². The first kappa shape index (κ1) is 23.3. The fraction of sp³-hybridized carbons (Fsp3) is 0.423. The molecule has 0 radical (unpaired) electrons. The highest BCUT2D eigenvalue weighted by atomic mass is 32.2. The van der Waals surface area contributed by atoms with Crippen molar-refractivity contribution < 1.29 is 18.7 Å². The monoisotopic (exact) mass is 509 g/mol. The summed E-state index contributed by atoms with van der Waals surface area (Å²) < 4.78 is 26.4. The summed E-state index contributed by atoms with van der Waals surface area (Å²) in [6, 6.07) is 7.38. The molecule has 188 valence electrons. The average Bonchev–Trinajstić information content (AvgIpc) is 2.93. The van der Waals surface area contributed by atoms with E-state index in [4.69, 9.17) is 9.47 Å². The van der Waals surface area contributed by atoms with Crippen LogP contribution >= 0.6 is 11.8 Å². The highest BCUT2D eigenvalue weighted by Gasteiger charge is 2.32. The summed E-state index contributed by atoms with van der Waals surface area (Å²) in [7, 11) is 1.47. The second-order valence-corrected chi connectivity index (χ2v) is 10.5. The smallest absolute Gasteiger partial charge is 0.270 e. The Labute approximate surface area is 213 Å². The second kappa shape index (κ2) is 9.74. The Morgan fingerprint density at radius 3 is 2.97 bits per heavy atom. The predicted octanol–water partition coefficient (Wildman–Crippen LogP) is 3.49. The van der Waals surface area contributed by atoms with Crippen LogP contribution < -0.4 is 20.1 Å². The molecule has 0 aliphatic carbocycles. The molecule has 2 N–H and O–H groups in total. The van der Waals surface area contributed by atoms with Gasteiger partial charge < -0.3 is 20.1 Å². The molecule has 3 aliphatic heterocycles. The minimum Gasteiger partial charge on any atom is -0.494 e. The van der Waals surface area contributed by atoms with Crippen LogP contribution in [0.2, 0.25) is 0 Å². The summed E-state index contributed by atoms with van der Waals surface area (Å²) >= 11 is 1.75. The van der Waals surface area contributed by atoms with E-state index >= 15 is 4.39 Å². The Balaban J connectivity index is 1.11. The number of piperidine rings is 1. The molecule has 2 aromatic heterocycles. The van der Waals surface area contributed by atoms with E-state index in [0.29, 0.717) is 35.4 Å². The van der Waals surface area contributed by atoms with Gasteiger partial charge >= 0.3 is 0 Å². The van der Waals surface area contributed by atoms with Crippen LogP contribution in [0.15, 0.2) is 35.4 Å². The third-order valence-corrected chi connectivity index (χ3v) is 8.27. The van der Waals surface area contributed by atoms with Gasteiger partial charge in [0.1, 0.15) is 23.9 Å². The fourth-order valence-corrected chi connectivity index (χ4v) is 6.13. The van der Waals surface area contributed by atoms with Gasteiger partial charge in [-0.3, -0.25) is 14.7 Å². The fourth-order valence-electron chi connectivity index (χ4n) is 5.29. The van der Waals surface area contributed by atoms with Gasteiger partial charge in [0.05, 0.1) is 18.8 Å². The summed E-state index contributed by atoms with van der Waals surface area (Å²) in [4.78, 5) is 25.2. The van der Waals surface area contributed by atoms with Crippen LogP contribution in [-0.2, 0) is 6.42 Å². The van der Waals surface area contributed by atoms with Crippen LogP contribution in [0.5, 0.6) is 11.5 Å². The molecule has 6 rings (SSSR count). The number of ether oxygens (including phenoxy) is 2. The number of likely N-dealkylation sites (tertiary alicyclic amines) is 1. The van der Waals surface area contributed by atoms with Crippen molar-refractivity contribution in [2.75, 3.05) is 44.4 Å². The number of carbonyl (C=O) groups excluding carboxylic acids is 1. The summed E-state index contributed by atoms with van der Waals surface area (Å²) in [6.45, 7) is 3.06. The molecule has 10 heteroatoms. The van der Waals surface area contributed by atoms with E-state index in [0.717, 1.165) is 54.5 Å². The number of fused-ring (bicyclic) bond motifs is 4. The number of benzene rings is 1. The Morgan fingerprint density at radius 2 is 2.14 bits per heavy atom. The lowest BCUT2D eigenvalue weighted by Gasteiger charge is -2.39. The number of nitrogens with zero attached hydrogens (tertiary/aromatic N) is 3. The van der Waals surface area contributed by atoms with Gasteiger partial charge in [0.2, 0.25) is 0 Å². The van der Waals surface area contributed by atoms with Crippen molar-refractivity contribution in [1.82, 2.24) is 20.2 Å². The first-order valence-corrected chi connectivity index (χ1v) is 13.3. The summed E-state index contributed by atoms with van der Waals surface area (Å²) in [6.07, 6.45) is 4.05. The van der Waals surface area contributed by atoms with Crippen molar-refractivity contribution >= 4 is 34.4 Å². The molecule has 1 aromatic carbocycles. The number of hydrogen-bond acceptors (Lipinski definition) is 8. The van der Waals surface area contributed by atoms with Gasteiger partial charge in [-0.1, -0.05) is 0 Å². The number of anilines is 1. The maximum atomic E-state index is 15.1. The molecule has 1 atom stereocenters. The molecule has 0 spiro atoms. The zero-order valence-corrected chi connectivity index (χ0v) is 20.9. The lowest BCUT2D eigenvalue weighted by Crippen LogP contribution is -2.51. The predicted molar refractivity (Wildman–Crippen MR) is 137 cm³/mol. The van der Waals surface area contributed by atoms with Crippen LogP contribution in [0.1, 0.15) is 28.9 Å². The molecule has 0 saturated carbocycles. The summed E-state index contributed by atoms with van der Waals surface area (Å²) in [5, 5.41) is 6.90. The molecule has 36 heavy (non-hydrogen) atoms. The van der Waals surface area contributed by atoms with E-state index in [1.165, 1.54) is 7.11 Å². The van der Waals surface area contributed by atoms with Crippen LogP contribution in [0.3, 0.4) is 0 Å². The van der Waals surface area contributed by atoms with Gasteiger partial charge in [-0.25, -0.2) is 9.37 Å². The molecular formula is C26H28FN5O3S. The Bertz CT molecular complexity index is 1310. The van der Waals surface area contributed by atoms with Crippen LogP contribution in [0.4, 0.5) is 10.2 Å². The van der Waals surface area contributed by atoms with Crippen molar-refractivity contribution in [2.24, 2.45) is 0 Å². The van der Waals surface area contributed by atoms with Gasteiger partial charge in [0.15, 0.2) is 11.6 Å². The lowest BCUT2D eigenvalue weighted by molar-refractivity contribution is 0.0797. The number of aromatic nitrogens is 2. The normalized spacial score (nSPS) is 20.1. The SMILES string of the molecule is COc1ccc2ncc3c(c2c1F)CC(N1CCC(NC(=O)c2ccc4c(n2)NCCS4)CC1)CO3. The van der Waals surface area contributed by atoms with Crippen molar-refractivity contribution in [3.05, 3.63) is 47.5 Å². The molecule has 1 amide bonds. The number of amides is 1. The third-order valence-electron chi connectivity index (χ3n) is 7.22. The topological polar surface area (TPSA) is 88.6 Å². The van der Waals surface area contributed by atoms with Crippen LogP contribution in [0.25, 0.3) is 10.9 Å². The standard InChI is InChI=1S/C26H28FN5O3S/c1-34-20-4-2-18-23(24(20)27)17-12-16(14-35-21(17)13-29-18)32-9-6-15(7-10-32)30-26(33)19-3-5-22-25(31-19)28-8-11-36-22/h2-5,13,15-16H,6-12,14H2,1H3,(H,28,31)(H,30,33). The average molecular weight is 510 g/mol. The van der Waals surface area contributed by atoms with Crippen LogP contribution in [-0.4, -0.2) is 72.0 Å². The number of methoxy groups -OCH3 is 1. The minimum absolute atomic E-state index is 0.0949. The zero-order valence-electron chi connectivity index (χ0n) is 20.1. The first-order chi connectivity index (χ1) is 17.6. The number of nitrogens with one attached hydrogen (secondary N) is 2. The second-order valence-electron chi connectivity index (χ2n) is 9.35. The third kappa shape index (κ3) is 4.32. The van der Waals surface area contributed by atoms with E-state index in [2.05, 4.69) is 25.5 Å². The summed E-state index contributed by atoms with van der Waals surface area (Å²) in [5.74, 6) is 2.12. The maximum Gasteiger partial charge on any atom is 0.270 e. The van der Waals surface area contributed by atoms with E-state index in [1.54, 1.807) is 36.2 Å². The molecule has 1 saturated heterocycles. The molecule has 0 bridgehead atoms. The largest absolute Gasteiger partial charge is 0.494 e. The summed E-state index contributed by atoms with van der Waals surface area (Å²) in [5.41, 5.74) is 1.89. The number of halogens is 1. The van der Waals surface area contributed by atoms with Crippen molar-refractivity contribution in [1.29, 1.82) is 0 Å². The number of pyridine rings is 2. The number of rotatable bonds is 4. The Morgan fingerprint density at radius 1 is 1.28 bits per heavy atom. The quantitative estimate of drug-likeness (QED) is 0.553. The van der Waals surface area contributed by atoms with Crippen molar-refractivity contribution in [3.63, 3.8) is 0 Å². The highest BCUT2D eigenvalue weighted by Crippen LogP contribution is 2.36. The van der Waals surface area contributed by atoms with E-state index < -0.39 is 5.82 Å². The van der Waals surface area contributed by atoms with Gasteiger partial charge in [-0.05, 0) is 43.5 Å². The van der Waals surface area contributed by atoms with Gasteiger partial charge in [-0.15, -0.1) is 11.8 Å². The van der Waals surface area contributed by atoms with Gasteiger partial charge in [-0.2, -0.15) is 0 Å². The molecule has 1 fully saturated rings. The van der Waals surface area contributed by atoms with E-state index in [9.17, 15) is 4.79 Å². The molecule has 3 aromatic rings. The number of carbonyl (C=O) groups is 1. The Hall–Kier alpha value is -3.11.